The van der Waals surface area contributed by atoms with Crippen LogP contribution in [0.4, 0.5) is 0 Å². The molecule has 1 aromatic rings. The van der Waals surface area contributed by atoms with Gasteiger partial charge in [0, 0.05) is 29.6 Å². The van der Waals surface area contributed by atoms with Gasteiger partial charge in [-0.3, -0.25) is 0 Å². The zero-order valence-electron chi connectivity index (χ0n) is 10.5. The van der Waals surface area contributed by atoms with Crippen molar-refractivity contribution in [1.29, 1.82) is 0 Å². The van der Waals surface area contributed by atoms with Gasteiger partial charge >= 0.3 is 0 Å². The molecule has 0 heterocycles. The Labute approximate surface area is 108 Å². The third-order valence-electron chi connectivity index (χ3n) is 3.44. The lowest BCUT2D eigenvalue weighted by molar-refractivity contribution is 0.153. The lowest BCUT2D eigenvalue weighted by Gasteiger charge is -2.25. The number of nitrogens with one attached hydrogen (secondary N) is 1. The van der Waals surface area contributed by atoms with Crippen LogP contribution in [0.25, 0.3) is 0 Å². The molecule has 2 N–H and O–H groups in total. The number of hydrogen-bond acceptors (Lipinski definition) is 2. The lowest BCUT2D eigenvalue weighted by Crippen LogP contribution is -2.34. The van der Waals surface area contributed by atoms with Gasteiger partial charge in [0.15, 0.2) is 0 Å². The second-order valence-electron chi connectivity index (χ2n) is 5.64. The summed E-state index contributed by atoms with van der Waals surface area (Å²) in [5.41, 5.74) is 2.66. The summed E-state index contributed by atoms with van der Waals surface area (Å²) in [4.78, 5) is 0. The number of hydrogen-bond donors (Lipinski definition) is 2. The van der Waals surface area contributed by atoms with Crippen molar-refractivity contribution in [1.82, 2.24) is 5.32 Å². The summed E-state index contributed by atoms with van der Waals surface area (Å²) in [6.07, 6.45) is 2.21. The molecular formula is C14H20ClNO. The van der Waals surface area contributed by atoms with Gasteiger partial charge in [-0.15, -0.1) is 0 Å². The number of benzene rings is 1. The van der Waals surface area contributed by atoms with Crippen LogP contribution in [0.3, 0.4) is 0 Å². The quantitative estimate of drug-likeness (QED) is 0.865. The first-order valence-electron chi connectivity index (χ1n) is 6.14. The van der Waals surface area contributed by atoms with E-state index in [0.717, 1.165) is 24.4 Å². The fourth-order valence-electron chi connectivity index (χ4n) is 2.25. The summed E-state index contributed by atoms with van der Waals surface area (Å²) >= 11 is 5.99. The van der Waals surface area contributed by atoms with E-state index in [1.165, 1.54) is 11.1 Å². The molecule has 0 radical (unpaired) electrons. The Kier molecular flexibility index (Phi) is 3.76. The van der Waals surface area contributed by atoms with E-state index in [9.17, 15) is 5.11 Å². The van der Waals surface area contributed by atoms with Crippen molar-refractivity contribution in [2.24, 2.45) is 5.41 Å². The maximum atomic E-state index is 9.24. The molecule has 1 aromatic carbocycles. The number of aliphatic hydroxyl groups is 1. The number of halogens is 1. The van der Waals surface area contributed by atoms with Gasteiger partial charge in [-0.1, -0.05) is 31.5 Å². The molecule has 0 spiro atoms. The molecule has 0 aliphatic heterocycles. The molecule has 94 valence electrons. The molecule has 0 bridgehead atoms. The molecule has 0 saturated carbocycles. The Balaban J connectivity index is 2.03. The second-order valence-corrected chi connectivity index (χ2v) is 6.07. The summed E-state index contributed by atoms with van der Waals surface area (Å²) in [5.74, 6) is 0. The summed E-state index contributed by atoms with van der Waals surface area (Å²) in [6.45, 7) is 5.17. The van der Waals surface area contributed by atoms with E-state index in [-0.39, 0.29) is 12.0 Å². The SMILES string of the molecule is CC(C)(CO)CNC1CCc2cc(Cl)ccc21. The Morgan fingerprint density at radius 1 is 1.47 bits per heavy atom. The Morgan fingerprint density at radius 2 is 2.24 bits per heavy atom. The van der Waals surface area contributed by atoms with Gasteiger partial charge in [0.25, 0.3) is 0 Å². The Bertz CT molecular complexity index is 403. The predicted molar refractivity (Wildman–Crippen MR) is 71.4 cm³/mol. The molecule has 2 nitrogen and oxygen atoms in total. The molecule has 17 heavy (non-hydrogen) atoms. The highest BCUT2D eigenvalue weighted by Gasteiger charge is 2.24. The summed E-state index contributed by atoms with van der Waals surface area (Å²) in [6, 6.07) is 6.55. The van der Waals surface area contributed by atoms with Crippen LogP contribution in [0.1, 0.15) is 37.4 Å². The smallest absolute Gasteiger partial charge is 0.0494 e. The van der Waals surface area contributed by atoms with Gasteiger partial charge in [0.2, 0.25) is 0 Å². The summed E-state index contributed by atoms with van der Waals surface area (Å²) in [5, 5.41) is 13.6. The molecule has 0 amide bonds. The average Bonchev–Trinajstić information content (AvgIpc) is 2.69. The van der Waals surface area contributed by atoms with Gasteiger partial charge in [-0.05, 0) is 36.1 Å². The zero-order valence-corrected chi connectivity index (χ0v) is 11.2. The highest BCUT2D eigenvalue weighted by atomic mass is 35.5. The van der Waals surface area contributed by atoms with Gasteiger partial charge in [0.05, 0.1) is 0 Å². The van der Waals surface area contributed by atoms with E-state index in [1.807, 2.05) is 6.07 Å². The van der Waals surface area contributed by atoms with Gasteiger partial charge < -0.3 is 10.4 Å². The lowest BCUT2D eigenvalue weighted by atomic mass is 9.94. The topological polar surface area (TPSA) is 32.3 Å². The third-order valence-corrected chi connectivity index (χ3v) is 3.67. The minimum absolute atomic E-state index is 0.0603. The normalized spacial score (nSPS) is 19.4. The van der Waals surface area contributed by atoms with E-state index >= 15 is 0 Å². The van der Waals surface area contributed by atoms with Crippen molar-refractivity contribution >= 4 is 11.6 Å². The van der Waals surface area contributed by atoms with Gasteiger partial charge in [0.1, 0.15) is 0 Å². The largest absolute Gasteiger partial charge is 0.396 e. The maximum absolute atomic E-state index is 9.24. The fraction of sp³-hybridized carbons (Fsp3) is 0.571. The first-order chi connectivity index (χ1) is 8.02. The van der Waals surface area contributed by atoms with Crippen LogP contribution in [-0.2, 0) is 6.42 Å². The molecule has 3 heteroatoms. The van der Waals surface area contributed by atoms with E-state index in [2.05, 4.69) is 31.3 Å². The highest BCUT2D eigenvalue weighted by molar-refractivity contribution is 6.30. The monoisotopic (exact) mass is 253 g/mol. The minimum atomic E-state index is -0.0603. The fourth-order valence-corrected chi connectivity index (χ4v) is 2.45. The van der Waals surface area contributed by atoms with Crippen LogP contribution in [0, 0.1) is 5.41 Å². The zero-order chi connectivity index (χ0) is 12.5. The molecule has 1 aliphatic rings. The van der Waals surface area contributed by atoms with E-state index in [0.29, 0.717) is 6.04 Å². The van der Waals surface area contributed by atoms with Crippen molar-refractivity contribution in [2.75, 3.05) is 13.2 Å². The number of aliphatic hydroxyl groups excluding tert-OH is 1. The second kappa shape index (κ2) is 4.97. The van der Waals surface area contributed by atoms with Crippen molar-refractivity contribution in [3.63, 3.8) is 0 Å². The first kappa shape index (κ1) is 12.9. The number of fused-ring (bicyclic) bond motifs is 1. The number of rotatable bonds is 4. The van der Waals surface area contributed by atoms with E-state index in [1.54, 1.807) is 0 Å². The third kappa shape index (κ3) is 3.01. The van der Waals surface area contributed by atoms with Crippen LogP contribution in [0.5, 0.6) is 0 Å². The minimum Gasteiger partial charge on any atom is -0.396 e. The molecular weight excluding hydrogens is 234 g/mol. The molecule has 1 aliphatic carbocycles. The van der Waals surface area contributed by atoms with Crippen LogP contribution in [0.2, 0.25) is 5.02 Å². The highest BCUT2D eigenvalue weighted by Crippen LogP contribution is 2.33. The number of aryl methyl sites for hydroxylation is 1. The molecule has 1 unspecified atom stereocenters. The molecule has 0 aromatic heterocycles. The predicted octanol–water partition coefficient (Wildman–Crippen LogP) is 2.94. The first-order valence-corrected chi connectivity index (χ1v) is 6.52. The molecule has 2 rings (SSSR count). The van der Waals surface area contributed by atoms with Crippen molar-refractivity contribution < 1.29 is 5.11 Å². The van der Waals surface area contributed by atoms with Crippen molar-refractivity contribution in [3.05, 3.63) is 34.3 Å². The van der Waals surface area contributed by atoms with E-state index in [4.69, 9.17) is 11.6 Å². The molecule has 0 saturated heterocycles. The maximum Gasteiger partial charge on any atom is 0.0494 e. The van der Waals surface area contributed by atoms with Crippen LogP contribution in [-0.4, -0.2) is 18.3 Å². The van der Waals surface area contributed by atoms with Crippen LogP contribution < -0.4 is 5.32 Å². The molecule has 0 fully saturated rings. The standard InChI is InChI=1S/C14H20ClNO/c1-14(2,9-17)8-16-13-6-3-10-7-11(15)4-5-12(10)13/h4-5,7,13,16-17H,3,6,8-9H2,1-2H3. The van der Waals surface area contributed by atoms with E-state index < -0.39 is 0 Å². The van der Waals surface area contributed by atoms with Crippen LogP contribution in [0.15, 0.2) is 18.2 Å². The van der Waals surface area contributed by atoms with Gasteiger partial charge in [-0.25, -0.2) is 0 Å². The molecule has 1 atom stereocenters. The van der Waals surface area contributed by atoms with Crippen molar-refractivity contribution in [2.45, 2.75) is 32.7 Å². The average molecular weight is 254 g/mol. The van der Waals surface area contributed by atoms with Crippen molar-refractivity contribution in [3.8, 4) is 0 Å². The summed E-state index contributed by atoms with van der Waals surface area (Å²) in [7, 11) is 0. The summed E-state index contributed by atoms with van der Waals surface area (Å²) < 4.78 is 0. The Hall–Kier alpha value is -0.570. The van der Waals surface area contributed by atoms with Gasteiger partial charge in [-0.2, -0.15) is 0 Å². The van der Waals surface area contributed by atoms with Crippen LogP contribution >= 0.6 is 11.6 Å². The Morgan fingerprint density at radius 3 is 2.94 bits per heavy atom.